The Balaban J connectivity index is 1.76. The summed E-state index contributed by atoms with van der Waals surface area (Å²) < 4.78 is 13.4. The Labute approximate surface area is 188 Å². The number of rotatable bonds is 9. The Bertz CT molecular complexity index is 881. The summed E-state index contributed by atoms with van der Waals surface area (Å²) in [4.78, 5) is 28.0. The van der Waals surface area contributed by atoms with Crippen LogP contribution in [0.25, 0.3) is 0 Å². The third-order valence-corrected chi connectivity index (χ3v) is 6.29. The van der Waals surface area contributed by atoms with Crippen molar-refractivity contribution in [3.8, 4) is 0 Å². The molecule has 1 aliphatic carbocycles. The van der Waals surface area contributed by atoms with Crippen LogP contribution >= 0.6 is 11.6 Å². The molecule has 2 aromatic rings. The van der Waals surface area contributed by atoms with Crippen molar-refractivity contribution in [3.05, 3.63) is 70.5 Å². The molecule has 1 fully saturated rings. The highest BCUT2D eigenvalue weighted by molar-refractivity contribution is 6.31. The first-order chi connectivity index (χ1) is 15.0. The van der Waals surface area contributed by atoms with Crippen LogP contribution in [-0.2, 0) is 22.6 Å². The van der Waals surface area contributed by atoms with E-state index in [0.717, 1.165) is 36.8 Å². The Morgan fingerprint density at radius 2 is 1.81 bits per heavy atom. The van der Waals surface area contributed by atoms with Crippen molar-refractivity contribution in [1.29, 1.82) is 0 Å². The first-order valence-corrected chi connectivity index (χ1v) is 11.4. The molecule has 0 saturated heterocycles. The minimum atomic E-state index is -0.565. The molecule has 166 valence electrons. The van der Waals surface area contributed by atoms with Crippen molar-refractivity contribution in [1.82, 2.24) is 10.2 Å². The average molecular weight is 445 g/mol. The van der Waals surface area contributed by atoms with Gasteiger partial charge in [0, 0.05) is 24.0 Å². The van der Waals surface area contributed by atoms with E-state index in [1.54, 1.807) is 17.0 Å². The zero-order chi connectivity index (χ0) is 22.2. The minimum Gasteiger partial charge on any atom is -0.352 e. The van der Waals surface area contributed by atoms with E-state index in [-0.39, 0.29) is 36.6 Å². The van der Waals surface area contributed by atoms with Crippen LogP contribution < -0.4 is 5.32 Å². The number of nitrogens with zero attached hydrogens (tertiary/aromatic N) is 1. The zero-order valence-electron chi connectivity index (χ0n) is 17.9. The standard InChI is InChI=1S/C25H30ClFN2O2/c1-2-23(25(31)28-21-8-4-5-9-21)29(17-18-11-14-20(27)15-12-18)24(30)16-13-19-7-3-6-10-22(19)26/h3,6-7,10-12,14-15,21,23H,2,4-5,8-9,13,16-17H2,1H3,(H,28,31). The quantitative estimate of drug-likeness (QED) is 0.572. The molecule has 0 aliphatic heterocycles. The lowest BCUT2D eigenvalue weighted by Gasteiger charge is -2.31. The van der Waals surface area contributed by atoms with E-state index < -0.39 is 6.04 Å². The van der Waals surface area contributed by atoms with Gasteiger partial charge in [-0.2, -0.15) is 0 Å². The summed E-state index contributed by atoms with van der Waals surface area (Å²) >= 11 is 6.24. The molecule has 6 heteroatoms. The Kier molecular flexibility index (Phi) is 8.47. The molecule has 2 amide bonds. The smallest absolute Gasteiger partial charge is 0.243 e. The monoisotopic (exact) mass is 444 g/mol. The molecule has 31 heavy (non-hydrogen) atoms. The van der Waals surface area contributed by atoms with Crippen molar-refractivity contribution in [3.63, 3.8) is 0 Å². The maximum absolute atomic E-state index is 13.4. The minimum absolute atomic E-state index is 0.109. The van der Waals surface area contributed by atoms with Crippen LogP contribution in [0.4, 0.5) is 4.39 Å². The highest BCUT2D eigenvalue weighted by atomic mass is 35.5. The number of nitrogens with one attached hydrogen (secondary N) is 1. The fourth-order valence-corrected chi connectivity index (χ4v) is 4.39. The molecule has 2 aromatic carbocycles. The molecular formula is C25H30ClFN2O2. The van der Waals surface area contributed by atoms with Gasteiger partial charge in [0.2, 0.25) is 11.8 Å². The molecular weight excluding hydrogens is 415 g/mol. The topological polar surface area (TPSA) is 49.4 Å². The second-order valence-corrected chi connectivity index (χ2v) is 8.56. The van der Waals surface area contributed by atoms with Crippen LogP contribution in [-0.4, -0.2) is 28.8 Å². The Hall–Kier alpha value is -2.40. The van der Waals surface area contributed by atoms with Gasteiger partial charge in [-0.25, -0.2) is 4.39 Å². The van der Waals surface area contributed by atoms with Crippen LogP contribution in [0.3, 0.4) is 0 Å². The highest BCUT2D eigenvalue weighted by Gasteiger charge is 2.30. The van der Waals surface area contributed by atoms with E-state index in [9.17, 15) is 14.0 Å². The fourth-order valence-electron chi connectivity index (χ4n) is 4.16. The molecule has 0 spiro atoms. The Morgan fingerprint density at radius 3 is 2.45 bits per heavy atom. The van der Waals surface area contributed by atoms with E-state index in [2.05, 4.69) is 5.32 Å². The lowest BCUT2D eigenvalue weighted by Crippen LogP contribution is -2.51. The van der Waals surface area contributed by atoms with Gasteiger partial charge in [0.1, 0.15) is 11.9 Å². The molecule has 1 aliphatic rings. The number of hydrogen-bond donors (Lipinski definition) is 1. The van der Waals surface area contributed by atoms with E-state index in [0.29, 0.717) is 17.9 Å². The second-order valence-electron chi connectivity index (χ2n) is 8.15. The van der Waals surface area contributed by atoms with Gasteiger partial charge in [0.15, 0.2) is 0 Å². The predicted octanol–water partition coefficient (Wildman–Crippen LogP) is 5.28. The molecule has 3 rings (SSSR count). The summed E-state index contributed by atoms with van der Waals surface area (Å²) in [7, 11) is 0. The van der Waals surface area contributed by atoms with Gasteiger partial charge < -0.3 is 10.2 Å². The summed E-state index contributed by atoms with van der Waals surface area (Å²) in [6.07, 6.45) is 5.48. The summed E-state index contributed by atoms with van der Waals surface area (Å²) in [5.74, 6) is -0.549. The average Bonchev–Trinajstić information content (AvgIpc) is 3.27. The summed E-state index contributed by atoms with van der Waals surface area (Å²) in [5.41, 5.74) is 1.70. The predicted molar refractivity (Wildman–Crippen MR) is 121 cm³/mol. The SMILES string of the molecule is CCC(C(=O)NC1CCCC1)N(Cc1ccc(F)cc1)C(=O)CCc1ccccc1Cl. The number of carbonyl (C=O) groups excluding carboxylic acids is 2. The van der Waals surface area contributed by atoms with Gasteiger partial charge in [0.25, 0.3) is 0 Å². The lowest BCUT2D eigenvalue weighted by molar-refractivity contribution is -0.141. The van der Waals surface area contributed by atoms with Crippen LogP contribution in [0.5, 0.6) is 0 Å². The summed E-state index contributed by atoms with van der Waals surface area (Å²) in [6.45, 7) is 2.18. The number of amides is 2. The number of carbonyl (C=O) groups is 2. The van der Waals surface area contributed by atoms with E-state index in [4.69, 9.17) is 11.6 Å². The second kappa shape index (κ2) is 11.3. The highest BCUT2D eigenvalue weighted by Crippen LogP contribution is 2.21. The molecule has 1 saturated carbocycles. The van der Waals surface area contributed by atoms with Gasteiger partial charge in [-0.1, -0.05) is 61.7 Å². The molecule has 1 unspecified atom stereocenters. The van der Waals surface area contributed by atoms with Crippen LogP contribution in [0, 0.1) is 5.82 Å². The molecule has 0 aromatic heterocycles. The van der Waals surface area contributed by atoms with E-state index >= 15 is 0 Å². The molecule has 4 nitrogen and oxygen atoms in total. The van der Waals surface area contributed by atoms with Crippen LogP contribution in [0.15, 0.2) is 48.5 Å². The normalized spacial score (nSPS) is 14.9. The molecule has 1 N–H and O–H groups in total. The first kappa shape index (κ1) is 23.3. The molecule has 0 radical (unpaired) electrons. The van der Waals surface area contributed by atoms with Gasteiger partial charge in [-0.05, 0) is 55.0 Å². The number of hydrogen-bond acceptors (Lipinski definition) is 2. The number of halogens is 2. The maximum atomic E-state index is 13.4. The molecule has 0 heterocycles. The van der Waals surface area contributed by atoms with Gasteiger partial charge >= 0.3 is 0 Å². The third-order valence-electron chi connectivity index (χ3n) is 5.92. The fraction of sp³-hybridized carbons (Fsp3) is 0.440. The number of benzene rings is 2. The van der Waals surface area contributed by atoms with E-state index in [1.807, 2.05) is 31.2 Å². The molecule has 0 bridgehead atoms. The lowest BCUT2D eigenvalue weighted by atomic mass is 10.1. The first-order valence-electron chi connectivity index (χ1n) is 11.1. The van der Waals surface area contributed by atoms with Gasteiger partial charge in [-0.15, -0.1) is 0 Å². The zero-order valence-corrected chi connectivity index (χ0v) is 18.7. The Morgan fingerprint density at radius 1 is 1.13 bits per heavy atom. The van der Waals surface area contributed by atoms with E-state index in [1.165, 1.54) is 12.1 Å². The van der Waals surface area contributed by atoms with Gasteiger partial charge in [0.05, 0.1) is 0 Å². The van der Waals surface area contributed by atoms with Gasteiger partial charge in [-0.3, -0.25) is 9.59 Å². The summed E-state index contributed by atoms with van der Waals surface area (Å²) in [5, 5.41) is 3.76. The van der Waals surface area contributed by atoms with Crippen molar-refractivity contribution in [2.45, 2.75) is 70.5 Å². The largest absolute Gasteiger partial charge is 0.352 e. The maximum Gasteiger partial charge on any atom is 0.243 e. The van der Waals surface area contributed by atoms with Crippen molar-refractivity contribution in [2.75, 3.05) is 0 Å². The summed E-state index contributed by atoms with van der Waals surface area (Å²) in [6, 6.07) is 13.2. The molecule has 1 atom stereocenters. The van der Waals surface area contributed by atoms with Crippen LogP contribution in [0.1, 0.15) is 56.6 Å². The van der Waals surface area contributed by atoms with Crippen molar-refractivity contribution < 1.29 is 14.0 Å². The van der Waals surface area contributed by atoms with Crippen LogP contribution in [0.2, 0.25) is 5.02 Å². The van der Waals surface area contributed by atoms with Crippen molar-refractivity contribution >= 4 is 23.4 Å². The van der Waals surface area contributed by atoms with Crippen molar-refractivity contribution in [2.24, 2.45) is 0 Å². The third kappa shape index (κ3) is 6.54. The number of aryl methyl sites for hydroxylation is 1.